The number of hydrogen-bond donors (Lipinski definition) is 2. The Hall–Kier alpha value is -2.87. The zero-order chi connectivity index (χ0) is 21.8. The van der Waals surface area contributed by atoms with E-state index in [4.69, 9.17) is 0 Å². The van der Waals surface area contributed by atoms with Crippen molar-refractivity contribution >= 4 is 39.9 Å². The molecule has 8 heteroatoms. The highest BCUT2D eigenvalue weighted by atomic mass is 32.1. The third kappa shape index (κ3) is 4.48. The Morgan fingerprint density at radius 1 is 1.00 bits per heavy atom. The normalized spacial score (nSPS) is 12.3. The first-order valence-electron chi connectivity index (χ1n) is 10.2. The van der Waals surface area contributed by atoms with Crippen molar-refractivity contribution in [2.24, 2.45) is 0 Å². The molecule has 2 N–H and O–H groups in total. The summed E-state index contributed by atoms with van der Waals surface area (Å²) in [6, 6.07) is 6.96. The number of imide groups is 1. The molecule has 1 aromatic carbocycles. The highest BCUT2D eigenvalue weighted by molar-refractivity contribution is 7.17. The number of thiophene rings is 1. The first-order chi connectivity index (χ1) is 14.3. The molecule has 0 saturated heterocycles. The van der Waals surface area contributed by atoms with Gasteiger partial charge >= 0.3 is 6.03 Å². The smallest absolute Gasteiger partial charge is 0.323 e. The summed E-state index contributed by atoms with van der Waals surface area (Å²) in [5.74, 6) is -0.741. The van der Waals surface area contributed by atoms with Crippen molar-refractivity contribution in [1.29, 1.82) is 0 Å². The molecule has 0 saturated carbocycles. The van der Waals surface area contributed by atoms with E-state index in [1.165, 1.54) is 16.2 Å². The van der Waals surface area contributed by atoms with E-state index in [9.17, 15) is 14.4 Å². The van der Waals surface area contributed by atoms with Crippen LogP contribution in [0.15, 0.2) is 24.3 Å². The number of fused-ring (bicyclic) bond motifs is 1. The number of carbonyl (C=O) groups excluding carboxylic acids is 3. The largest absolute Gasteiger partial charge is 0.372 e. The van der Waals surface area contributed by atoms with Crippen LogP contribution in [0, 0.1) is 0 Å². The highest BCUT2D eigenvalue weighted by Crippen LogP contribution is 2.39. The molecule has 1 aliphatic carbocycles. The minimum absolute atomic E-state index is 0.269. The Morgan fingerprint density at radius 3 is 2.27 bits per heavy atom. The van der Waals surface area contributed by atoms with E-state index in [1.807, 2.05) is 12.1 Å². The SMILES string of the molecule is CCN(CC)c1ccc(C(=O)Nc2sc3c(c2C(=O)NC(=O)N(C)C)CCC3)cc1. The molecule has 0 fully saturated rings. The molecule has 2 aromatic rings. The van der Waals surface area contributed by atoms with Crippen molar-refractivity contribution < 1.29 is 14.4 Å². The zero-order valence-corrected chi connectivity index (χ0v) is 18.7. The van der Waals surface area contributed by atoms with E-state index in [1.54, 1.807) is 26.2 Å². The number of carbonyl (C=O) groups is 3. The molecule has 0 radical (unpaired) electrons. The third-order valence-electron chi connectivity index (χ3n) is 5.26. The van der Waals surface area contributed by atoms with Crippen molar-refractivity contribution in [1.82, 2.24) is 10.2 Å². The predicted octanol–water partition coefficient (Wildman–Crippen LogP) is 3.75. The van der Waals surface area contributed by atoms with Gasteiger partial charge in [-0.3, -0.25) is 14.9 Å². The van der Waals surface area contributed by atoms with Crippen LogP contribution < -0.4 is 15.5 Å². The maximum absolute atomic E-state index is 12.8. The number of nitrogens with one attached hydrogen (secondary N) is 2. The van der Waals surface area contributed by atoms with Gasteiger partial charge in [0.15, 0.2) is 0 Å². The van der Waals surface area contributed by atoms with Crippen LogP contribution in [0.1, 0.15) is 51.4 Å². The summed E-state index contributed by atoms with van der Waals surface area (Å²) in [5.41, 5.74) is 2.94. The Labute approximate surface area is 181 Å². The van der Waals surface area contributed by atoms with Crippen LogP contribution in [0.25, 0.3) is 0 Å². The number of hydrogen-bond acceptors (Lipinski definition) is 5. The van der Waals surface area contributed by atoms with Crippen molar-refractivity contribution in [3.8, 4) is 0 Å². The lowest BCUT2D eigenvalue weighted by Gasteiger charge is -2.21. The lowest BCUT2D eigenvalue weighted by molar-refractivity contribution is 0.0957. The molecule has 0 spiro atoms. The van der Waals surface area contributed by atoms with Crippen molar-refractivity contribution in [3.05, 3.63) is 45.8 Å². The molecule has 160 valence electrons. The summed E-state index contributed by atoms with van der Waals surface area (Å²) in [5, 5.41) is 5.79. The maximum atomic E-state index is 12.8. The Bertz CT molecular complexity index is 946. The summed E-state index contributed by atoms with van der Waals surface area (Å²) in [6.45, 7) is 5.97. The molecule has 0 aliphatic heterocycles. The highest BCUT2D eigenvalue weighted by Gasteiger charge is 2.28. The fourth-order valence-electron chi connectivity index (χ4n) is 3.59. The minimum atomic E-state index is -0.484. The summed E-state index contributed by atoms with van der Waals surface area (Å²) in [6.07, 6.45) is 2.64. The summed E-state index contributed by atoms with van der Waals surface area (Å²) in [4.78, 5) is 42.2. The predicted molar refractivity (Wildman–Crippen MR) is 121 cm³/mol. The number of urea groups is 1. The Balaban J connectivity index is 1.82. The second-order valence-electron chi connectivity index (χ2n) is 7.39. The first-order valence-corrected chi connectivity index (χ1v) is 11.0. The Kier molecular flexibility index (Phi) is 6.77. The molecule has 1 aromatic heterocycles. The van der Waals surface area contributed by atoms with Gasteiger partial charge in [-0.25, -0.2) is 4.79 Å². The first kappa shape index (κ1) is 21.8. The van der Waals surface area contributed by atoms with Crippen molar-refractivity contribution in [3.63, 3.8) is 0 Å². The van der Waals surface area contributed by atoms with Crippen LogP contribution in [0.5, 0.6) is 0 Å². The third-order valence-corrected chi connectivity index (χ3v) is 6.47. The molecule has 7 nitrogen and oxygen atoms in total. The molecule has 1 heterocycles. The van der Waals surface area contributed by atoms with Crippen LogP contribution in [0.4, 0.5) is 15.5 Å². The number of anilines is 2. The minimum Gasteiger partial charge on any atom is -0.372 e. The van der Waals surface area contributed by atoms with Crippen LogP contribution in [0.3, 0.4) is 0 Å². The van der Waals surface area contributed by atoms with Gasteiger partial charge in [0.1, 0.15) is 5.00 Å². The van der Waals surface area contributed by atoms with Crippen LogP contribution in [-0.2, 0) is 12.8 Å². The van der Waals surface area contributed by atoms with Gasteiger partial charge in [0, 0.05) is 43.3 Å². The molecule has 4 amide bonds. The summed E-state index contributed by atoms with van der Waals surface area (Å²) >= 11 is 1.42. The maximum Gasteiger partial charge on any atom is 0.323 e. The van der Waals surface area contributed by atoms with Crippen molar-refractivity contribution in [2.45, 2.75) is 33.1 Å². The van der Waals surface area contributed by atoms with Crippen LogP contribution >= 0.6 is 11.3 Å². The van der Waals surface area contributed by atoms with E-state index in [2.05, 4.69) is 29.4 Å². The number of rotatable bonds is 6. The van der Waals surface area contributed by atoms with Crippen LogP contribution in [-0.4, -0.2) is 49.9 Å². The van der Waals surface area contributed by atoms with Crippen LogP contribution in [0.2, 0.25) is 0 Å². The summed E-state index contributed by atoms with van der Waals surface area (Å²) in [7, 11) is 3.15. The van der Waals surface area contributed by atoms with Gasteiger partial charge in [0.25, 0.3) is 11.8 Å². The van der Waals surface area contributed by atoms with Gasteiger partial charge in [-0.1, -0.05) is 0 Å². The van der Waals surface area contributed by atoms with E-state index in [-0.39, 0.29) is 5.91 Å². The molecule has 0 bridgehead atoms. The van der Waals surface area contributed by atoms with Gasteiger partial charge in [-0.15, -0.1) is 11.3 Å². The second kappa shape index (κ2) is 9.30. The standard InChI is InChI=1S/C22H28N4O3S/c1-5-26(6-2)15-12-10-14(11-13-15)19(27)23-21-18(16-8-7-9-17(16)30-21)20(28)24-22(29)25(3)4/h10-13H,5-9H2,1-4H3,(H,23,27)(H,24,28,29). The fraction of sp³-hybridized carbons (Fsp3) is 0.409. The van der Waals surface area contributed by atoms with Gasteiger partial charge in [-0.05, 0) is 62.9 Å². The number of benzene rings is 1. The molecule has 3 rings (SSSR count). The number of nitrogens with zero attached hydrogens (tertiary/aromatic N) is 2. The average molecular weight is 429 g/mol. The zero-order valence-electron chi connectivity index (χ0n) is 17.9. The summed E-state index contributed by atoms with van der Waals surface area (Å²) < 4.78 is 0. The Morgan fingerprint density at radius 2 is 1.67 bits per heavy atom. The molecular formula is C22H28N4O3S. The quantitative estimate of drug-likeness (QED) is 0.734. The van der Waals surface area contributed by atoms with E-state index in [0.29, 0.717) is 16.1 Å². The molecule has 0 atom stereocenters. The van der Waals surface area contributed by atoms with Gasteiger partial charge < -0.3 is 15.1 Å². The number of aryl methyl sites for hydroxylation is 1. The molecule has 0 unspecified atom stereocenters. The molecule has 30 heavy (non-hydrogen) atoms. The van der Waals surface area contributed by atoms with E-state index < -0.39 is 11.9 Å². The monoisotopic (exact) mass is 428 g/mol. The van der Waals surface area contributed by atoms with Crippen molar-refractivity contribution in [2.75, 3.05) is 37.4 Å². The van der Waals surface area contributed by atoms with Gasteiger partial charge in [0.05, 0.1) is 5.56 Å². The fourth-order valence-corrected chi connectivity index (χ4v) is 4.87. The van der Waals surface area contributed by atoms with Gasteiger partial charge in [-0.2, -0.15) is 0 Å². The molecule has 1 aliphatic rings. The van der Waals surface area contributed by atoms with E-state index >= 15 is 0 Å². The number of amides is 4. The lowest BCUT2D eigenvalue weighted by Crippen LogP contribution is -2.39. The topological polar surface area (TPSA) is 81.8 Å². The van der Waals surface area contributed by atoms with Gasteiger partial charge in [0.2, 0.25) is 0 Å². The molecular weight excluding hydrogens is 400 g/mol. The second-order valence-corrected chi connectivity index (χ2v) is 8.49. The average Bonchev–Trinajstić information content (AvgIpc) is 3.29. The lowest BCUT2D eigenvalue weighted by atomic mass is 10.1. The van der Waals surface area contributed by atoms with E-state index in [0.717, 1.165) is 48.5 Å².